The molecular weight excluding hydrogens is 462 g/mol. The van der Waals surface area contributed by atoms with E-state index in [4.69, 9.17) is 14.2 Å². The number of halogens is 4. The highest BCUT2D eigenvalue weighted by Crippen LogP contribution is 2.37. The number of methoxy groups -OCH3 is 2. The third-order valence-corrected chi connectivity index (χ3v) is 5.75. The normalized spacial score (nSPS) is 16.4. The Bertz CT molecular complexity index is 1170. The van der Waals surface area contributed by atoms with Gasteiger partial charge in [-0.15, -0.1) is 0 Å². The van der Waals surface area contributed by atoms with Crippen molar-refractivity contribution in [2.24, 2.45) is 0 Å². The molecule has 34 heavy (non-hydrogen) atoms. The molecule has 0 amide bonds. The number of hydrogen-bond donors (Lipinski definition) is 0. The molecule has 1 aromatic carbocycles. The van der Waals surface area contributed by atoms with Crippen LogP contribution in [0.1, 0.15) is 29.8 Å². The summed E-state index contributed by atoms with van der Waals surface area (Å²) in [6.07, 6.45) is -2.82. The largest absolute Gasteiger partial charge is 0.466 e. The lowest BCUT2D eigenvalue weighted by Gasteiger charge is -2.31. The van der Waals surface area contributed by atoms with E-state index >= 15 is 4.39 Å². The van der Waals surface area contributed by atoms with Crippen molar-refractivity contribution in [2.45, 2.75) is 31.9 Å². The first-order valence-corrected chi connectivity index (χ1v) is 10.4. The Kier molecular flexibility index (Phi) is 6.34. The molecule has 0 unspecified atom stereocenters. The number of carbonyl (C=O) groups is 2. The number of ether oxygens (including phenoxy) is 3. The molecule has 0 bridgehead atoms. The zero-order valence-electron chi connectivity index (χ0n) is 18.4. The summed E-state index contributed by atoms with van der Waals surface area (Å²) in [5.41, 5.74) is -0.912. The minimum absolute atomic E-state index is 0.0882. The highest BCUT2D eigenvalue weighted by molar-refractivity contribution is 6.03. The minimum atomic E-state index is -4.65. The first-order chi connectivity index (χ1) is 16.2. The molecule has 0 radical (unpaired) electrons. The Balaban J connectivity index is 1.79. The van der Waals surface area contributed by atoms with Crippen LogP contribution in [0.25, 0.3) is 5.69 Å². The predicted octanol–water partition coefficient (Wildman–Crippen LogP) is 3.30. The second kappa shape index (κ2) is 9.09. The molecule has 0 N–H and O–H groups in total. The number of hydrogen-bond acceptors (Lipinski definition) is 7. The first kappa shape index (κ1) is 23.7. The topological polar surface area (TPSA) is 82.9 Å². The van der Waals surface area contributed by atoms with Gasteiger partial charge in [-0.25, -0.2) is 18.7 Å². The van der Waals surface area contributed by atoms with Gasteiger partial charge in [0.25, 0.3) is 0 Å². The van der Waals surface area contributed by atoms with E-state index in [0.717, 1.165) is 25.0 Å². The number of nitrogens with zero attached hydrogens (tertiary/aromatic N) is 3. The molecule has 0 fully saturated rings. The van der Waals surface area contributed by atoms with Crippen molar-refractivity contribution in [3.05, 3.63) is 52.2 Å². The van der Waals surface area contributed by atoms with E-state index < -0.39 is 29.6 Å². The maximum Gasteiger partial charge on any atom is 0.435 e. The van der Waals surface area contributed by atoms with Gasteiger partial charge in [0.1, 0.15) is 18.1 Å². The number of carbonyl (C=O) groups excluding carboxylic acids is 2. The van der Waals surface area contributed by atoms with Crippen LogP contribution >= 0.6 is 0 Å². The van der Waals surface area contributed by atoms with Gasteiger partial charge in [-0.1, -0.05) is 0 Å². The summed E-state index contributed by atoms with van der Waals surface area (Å²) in [5.74, 6) is -2.54. The number of rotatable bonds is 4. The predicted molar refractivity (Wildman–Crippen MR) is 110 cm³/mol. The minimum Gasteiger partial charge on any atom is -0.466 e. The summed E-state index contributed by atoms with van der Waals surface area (Å²) < 4.78 is 71.6. The third kappa shape index (κ3) is 4.13. The fourth-order valence-corrected chi connectivity index (χ4v) is 4.21. The molecule has 1 aliphatic carbocycles. The fourth-order valence-electron chi connectivity index (χ4n) is 4.21. The maximum absolute atomic E-state index is 15.3. The van der Waals surface area contributed by atoms with E-state index in [1.807, 2.05) is 0 Å². The highest BCUT2D eigenvalue weighted by Gasteiger charge is 2.40. The molecule has 182 valence electrons. The Labute approximate surface area is 191 Å². The number of fused-ring (bicyclic) bond motifs is 1. The molecule has 0 saturated carbocycles. The fraction of sp³-hybridized carbons (Fsp3) is 0.409. The zero-order chi connectivity index (χ0) is 24.6. The van der Waals surface area contributed by atoms with Crippen LogP contribution in [-0.2, 0) is 42.8 Å². The lowest BCUT2D eigenvalue weighted by Crippen LogP contribution is -2.38. The van der Waals surface area contributed by atoms with Crippen molar-refractivity contribution in [1.29, 1.82) is 0 Å². The van der Waals surface area contributed by atoms with E-state index in [-0.39, 0.29) is 48.0 Å². The van der Waals surface area contributed by atoms with Crippen molar-refractivity contribution in [1.82, 2.24) is 9.78 Å². The van der Waals surface area contributed by atoms with Crippen LogP contribution in [0.4, 0.5) is 23.2 Å². The van der Waals surface area contributed by atoms with Crippen molar-refractivity contribution < 1.29 is 41.4 Å². The van der Waals surface area contributed by atoms with Crippen LogP contribution in [0, 0.1) is 5.82 Å². The quantitative estimate of drug-likeness (QED) is 0.488. The molecule has 8 nitrogen and oxygen atoms in total. The van der Waals surface area contributed by atoms with Crippen LogP contribution in [0.15, 0.2) is 29.5 Å². The maximum atomic E-state index is 15.3. The molecule has 4 rings (SSSR count). The standard InChI is InChI=1S/C22H21F4N3O5/c1-32-20(30)14-10-34-11-28(18(14)21(31)33-2)12-7-8-17(15(23)9-12)29-16-6-4-3-5-13(16)19(27-29)22(24,25)26/h7-9H,3-6,10-11H2,1-2H3. The lowest BCUT2D eigenvalue weighted by molar-refractivity contribution is -0.142. The van der Waals surface area contributed by atoms with Gasteiger partial charge >= 0.3 is 18.1 Å². The van der Waals surface area contributed by atoms with Gasteiger partial charge in [-0.05, 0) is 43.9 Å². The molecular formula is C22H21F4N3O5. The van der Waals surface area contributed by atoms with Crippen molar-refractivity contribution >= 4 is 17.6 Å². The van der Waals surface area contributed by atoms with Gasteiger partial charge in [0.2, 0.25) is 0 Å². The Hall–Kier alpha value is -3.41. The van der Waals surface area contributed by atoms with Gasteiger partial charge < -0.3 is 19.1 Å². The summed E-state index contributed by atoms with van der Waals surface area (Å²) in [6, 6.07) is 3.70. The smallest absolute Gasteiger partial charge is 0.435 e. The van der Waals surface area contributed by atoms with Crippen molar-refractivity contribution in [3.63, 3.8) is 0 Å². The van der Waals surface area contributed by atoms with Crippen LogP contribution in [0.3, 0.4) is 0 Å². The van der Waals surface area contributed by atoms with Crippen molar-refractivity contribution in [3.8, 4) is 5.69 Å². The molecule has 2 aromatic rings. The average molecular weight is 483 g/mol. The second-order valence-corrected chi connectivity index (χ2v) is 7.74. The van der Waals surface area contributed by atoms with Crippen LogP contribution in [0.5, 0.6) is 0 Å². The van der Waals surface area contributed by atoms with Gasteiger partial charge in [-0.3, -0.25) is 0 Å². The highest BCUT2D eigenvalue weighted by atomic mass is 19.4. The molecule has 2 aliphatic rings. The Morgan fingerprint density at radius 3 is 2.44 bits per heavy atom. The van der Waals surface area contributed by atoms with Crippen LogP contribution in [-0.4, -0.2) is 49.3 Å². The summed E-state index contributed by atoms with van der Waals surface area (Å²) in [5, 5.41) is 3.71. The molecule has 0 saturated heterocycles. The van der Waals surface area contributed by atoms with Crippen LogP contribution in [0.2, 0.25) is 0 Å². The Morgan fingerprint density at radius 1 is 1.09 bits per heavy atom. The first-order valence-electron chi connectivity index (χ1n) is 10.4. The van der Waals surface area contributed by atoms with Gasteiger partial charge in [0.05, 0.1) is 26.4 Å². The number of anilines is 1. The SMILES string of the molecule is COC(=O)C1=C(C(=O)OC)N(c2ccc(-n3nc(C(F)(F)F)c4c3CCCC4)c(F)c2)COC1. The summed E-state index contributed by atoms with van der Waals surface area (Å²) in [4.78, 5) is 25.8. The second-order valence-electron chi connectivity index (χ2n) is 7.74. The van der Waals surface area contributed by atoms with Gasteiger partial charge in [0.15, 0.2) is 11.5 Å². The van der Waals surface area contributed by atoms with E-state index in [1.54, 1.807) is 0 Å². The van der Waals surface area contributed by atoms with Gasteiger partial charge in [-0.2, -0.15) is 18.3 Å². The molecule has 0 atom stereocenters. The van der Waals surface area contributed by atoms with E-state index in [2.05, 4.69) is 5.10 Å². The summed E-state index contributed by atoms with van der Waals surface area (Å²) in [6.45, 7) is -0.410. The molecule has 2 heterocycles. The lowest BCUT2D eigenvalue weighted by atomic mass is 9.95. The third-order valence-electron chi connectivity index (χ3n) is 5.75. The van der Waals surface area contributed by atoms with Crippen molar-refractivity contribution in [2.75, 3.05) is 32.5 Å². The number of benzene rings is 1. The zero-order valence-corrected chi connectivity index (χ0v) is 18.4. The molecule has 0 spiro atoms. The average Bonchev–Trinajstić information content (AvgIpc) is 3.22. The number of esters is 2. The molecule has 1 aliphatic heterocycles. The van der Waals surface area contributed by atoms with Gasteiger partial charge in [0, 0.05) is 16.9 Å². The Morgan fingerprint density at radius 2 is 1.79 bits per heavy atom. The number of alkyl halides is 3. The van der Waals surface area contributed by atoms with E-state index in [9.17, 15) is 22.8 Å². The van der Waals surface area contributed by atoms with E-state index in [0.29, 0.717) is 25.0 Å². The van der Waals surface area contributed by atoms with E-state index in [1.165, 1.54) is 17.0 Å². The van der Waals surface area contributed by atoms with Crippen LogP contribution < -0.4 is 4.90 Å². The molecule has 12 heteroatoms. The molecule has 1 aromatic heterocycles. The summed E-state index contributed by atoms with van der Waals surface area (Å²) >= 11 is 0. The summed E-state index contributed by atoms with van der Waals surface area (Å²) in [7, 11) is 2.26. The number of aromatic nitrogens is 2. The monoisotopic (exact) mass is 483 g/mol.